The lowest BCUT2D eigenvalue weighted by Crippen LogP contribution is -2.35. The minimum atomic E-state index is -3.68. The number of hydrogen-bond donors (Lipinski definition) is 0. The van der Waals surface area contributed by atoms with Crippen LogP contribution in [-0.4, -0.2) is 26.7 Å². The summed E-state index contributed by atoms with van der Waals surface area (Å²) >= 11 is 0. The molecule has 0 aliphatic carbocycles. The third-order valence-electron chi connectivity index (χ3n) is 3.23. The van der Waals surface area contributed by atoms with Crippen LogP contribution in [0.15, 0.2) is 29.2 Å². The van der Waals surface area contributed by atoms with Crippen LogP contribution in [0, 0.1) is 6.92 Å². The second-order valence-corrected chi connectivity index (χ2v) is 6.79. The number of rotatable bonds is 3. The maximum atomic E-state index is 12.2. The van der Waals surface area contributed by atoms with Gasteiger partial charge < -0.3 is 4.74 Å². The Hall–Kier alpha value is -0.910. The lowest BCUT2D eigenvalue weighted by molar-refractivity contribution is -0.0706. The molecule has 4 nitrogen and oxygen atoms in total. The molecule has 1 saturated heterocycles. The third kappa shape index (κ3) is 3.78. The molecule has 1 aromatic carbocycles. The Labute approximate surface area is 114 Å². The van der Waals surface area contributed by atoms with Gasteiger partial charge in [0.15, 0.2) is 0 Å². The van der Waals surface area contributed by atoms with Crippen LogP contribution in [-0.2, 0) is 19.0 Å². The highest BCUT2D eigenvalue weighted by atomic mass is 32.2. The van der Waals surface area contributed by atoms with Crippen molar-refractivity contribution in [1.82, 2.24) is 0 Å². The van der Waals surface area contributed by atoms with E-state index in [-0.39, 0.29) is 23.2 Å². The highest BCUT2D eigenvalue weighted by Gasteiger charge is 2.29. The zero-order chi connectivity index (χ0) is 14.0. The van der Waals surface area contributed by atoms with Crippen LogP contribution in [0.5, 0.6) is 0 Å². The molecule has 0 bridgehead atoms. The van der Waals surface area contributed by atoms with E-state index < -0.39 is 10.1 Å². The van der Waals surface area contributed by atoms with Gasteiger partial charge in [0.1, 0.15) is 0 Å². The second-order valence-electron chi connectivity index (χ2n) is 5.21. The van der Waals surface area contributed by atoms with Crippen molar-refractivity contribution in [3.63, 3.8) is 0 Å². The number of benzene rings is 1. The fraction of sp³-hybridized carbons (Fsp3) is 0.571. The molecule has 19 heavy (non-hydrogen) atoms. The Morgan fingerprint density at radius 2 is 1.63 bits per heavy atom. The Morgan fingerprint density at radius 1 is 1.11 bits per heavy atom. The lowest BCUT2D eigenvalue weighted by atomic mass is 10.0. The highest BCUT2D eigenvalue weighted by Crippen LogP contribution is 2.25. The van der Waals surface area contributed by atoms with Crippen molar-refractivity contribution in [2.75, 3.05) is 0 Å². The SMILES string of the molecule is Cc1ccc(S(=O)(=O)O[C@H]2C[C@@H](C)O[C@@H](C)C2)cc1. The average molecular weight is 284 g/mol. The van der Waals surface area contributed by atoms with E-state index in [0.29, 0.717) is 12.8 Å². The van der Waals surface area contributed by atoms with Crippen LogP contribution in [0.2, 0.25) is 0 Å². The van der Waals surface area contributed by atoms with Crippen molar-refractivity contribution in [1.29, 1.82) is 0 Å². The molecule has 106 valence electrons. The Morgan fingerprint density at radius 3 is 2.16 bits per heavy atom. The largest absolute Gasteiger partial charge is 0.375 e. The Balaban J connectivity index is 2.10. The summed E-state index contributed by atoms with van der Waals surface area (Å²) in [5.41, 5.74) is 1.02. The van der Waals surface area contributed by atoms with E-state index in [9.17, 15) is 8.42 Å². The van der Waals surface area contributed by atoms with E-state index in [1.54, 1.807) is 24.3 Å². The fourth-order valence-electron chi connectivity index (χ4n) is 2.36. The predicted molar refractivity (Wildman–Crippen MR) is 72.5 cm³/mol. The van der Waals surface area contributed by atoms with Crippen molar-refractivity contribution < 1.29 is 17.3 Å². The van der Waals surface area contributed by atoms with Gasteiger partial charge in [-0.1, -0.05) is 17.7 Å². The van der Waals surface area contributed by atoms with Crippen molar-refractivity contribution in [2.24, 2.45) is 0 Å². The van der Waals surface area contributed by atoms with Gasteiger partial charge in [-0.05, 0) is 32.9 Å². The molecule has 1 aromatic rings. The van der Waals surface area contributed by atoms with Gasteiger partial charge >= 0.3 is 0 Å². The number of hydrogen-bond acceptors (Lipinski definition) is 4. The fourth-order valence-corrected chi connectivity index (χ4v) is 3.46. The molecular formula is C14H20O4S. The molecule has 0 unspecified atom stereocenters. The molecule has 0 aromatic heterocycles. The molecule has 2 rings (SSSR count). The van der Waals surface area contributed by atoms with Gasteiger partial charge in [-0.3, -0.25) is 4.18 Å². The summed E-state index contributed by atoms with van der Waals surface area (Å²) in [6.07, 6.45) is 0.971. The first-order valence-electron chi connectivity index (χ1n) is 6.52. The summed E-state index contributed by atoms with van der Waals surface area (Å²) in [5, 5.41) is 0. The predicted octanol–water partition coefficient (Wildman–Crippen LogP) is 2.66. The van der Waals surface area contributed by atoms with Gasteiger partial charge in [-0.2, -0.15) is 8.42 Å². The van der Waals surface area contributed by atoms with Gasteiger partial charge in [-0.15, -0.1) is 0 Å². The smallest absolute Gasteiger partial charge is 0.297 e. The molecule has 0 N–H and O–H groups in total. The average Bonchev–Trinajstić information content (AvgIpc) is 2.27. The minimum absolute atomic E-state index is 0.0296. The molecule has 5 heteroatoms. The summed E-state index contributed by atoms with van der Waals surface area (Å²) in [6, 6.07) is 6.70. The summed E-state index contributed by atoms with van der Waals surface area (Å²) in [4.78, 5) is 0.213. The van der Waals surface area contributed by atoms with Crippen molar-refractivity contribution in [3.05, 3.63) is 29.8 Å². The van der Waals surface area contributed by atoms with Gasteiger partial charge in [0.05, 0.1) is 23.2 Å². The van der Waals surface area contributed by atoms with Crippen molar-refractivity contribution >= 4 is 10.1 Å². The molecule has 1 aliphatic rings. The van der Waals surface area contributed by atoms with E-state index in [4.69, 9.17) is 8.92 Å². The van der Waals surface area contributed by atoms with Crippen LogP contribution in [0.25, 0.3) is 0 Å². The van der Waals surface area contributed by atoms with E-state index in [1.807, 2.05) is 20.8 Å². The Bertz CT molecular complexity index is 511. The number of aryl methyl sites for hydroxylation is 1. The van der Waals surface area contributed by atoms with Gasteiger partial charge in [0, 0.05) is 12.8 Å². The van der Waals surface area contributed by atoms with Crippen LogP contribution in [0.3, 0.4) is 0 Å². The summed E-state index contributed by atoms with van der Waals surface area (Å²) in [7, 11) is -3.68. The van der Waals surface area contributed by atoms with Crippen molar-refractivity contribution in [3.8, 4) is 0 Å². The molecule has 3 atom stereocenters. The molecular weight excluding hydrogens is 264 g/mol. The van der Waals surface area contributed by atoms with E-state index in [2.05, 4.69) is 0 Å². The molecule has 0 amide bonds. The minimum Gasteiger partial charge on any atom is -0.375 e. The molecule has 0 saturated carbocycles. The quantitative estimate of drug-likeness (QED) is 0.801. The second kappa shape index (κ2) is 5.61. The van der Waals surface area contributed by atoms with Crippen molar-refractivity contribution in [2.45, 2.75) is 56.8 Å². The van der Waals surface area contributed by atoms with Crippen LogP contribution in [0.1, 0.15) is 32.3 Å². The van der Waals surface area contributed by atoms with Gasteiger partial charge in [0.2, 0.25) is 0 Å². The molecule has 1 heterocycles. The first kappa shape index (κ1) is 14.5. The van der Waals surface area contributed by atoms with E-state index >= 15 is 0 Å². The third-order valence-corrected chi connectivity index (χ3v) is 4.60. The summed E-state index contributed by atoms with van der Waals surface area (Å²) in [6.45, 7) is 5.79. The standard InChI is InChI=1S/C14H20O4S/c1-10-4-6-14(7-5-10)19(15,16)18-13-8-11(2)17-12(3)9-13/h4-7,11-13H,8-9H2,1-3H3/t11-,12+,13+. The summed E-state index contributed by atoms with van der Waals surface area (Å²) in [5.74, 6) is 0. The van der Waals surface area contributed by atoms with Crippen LogP contribution >= 0.6 is 0 Å². The molecule has 1 aliphatic heterocycles. The summed E-state index contributed by atoms with van der Waals surface area (Å²) < 4.78 is 35.2. The molecule has 1 fully saturated rings. The zero-order valence-corrected chi connectivity index (χ0v) is 12.3. The lowest BCUT2D eigenvalue weighted by Gasteiger charge is -2.31. The normalized spacial score (nSPS) is 28.3. The van der Waals surface area contributed by atoms with E-state index in [1.165, 1.54) is 0 Å². The maximum absolute atomic E-state index is 12.2. The maximum Gasteiger partial charge on any atom is 0.297 e. The monoisotopic (exact) mass is 284 g/mol. The Kier molecular flexibility index (Phi) is 4.28. The number of ether oxygens (including phenoxy) is 1. The van der Waals surface area contributed by atoms with Gasteiger partial charge in [0.25, 0.3) is 10.1 Å². The highest BCUT2D eigenvalue weighted by molar-refractivity contribution is 7.86. The van der Waals surface area contributed by atoms with Gasteiger partial charge in [-0.25, -0.2) is 0 Å². The zero-order valence-electron chi connectivity index (χ0n) is 11.5. The first-order valence-corrected chi connectivity index (χ1v) is 7.93. The molecule has 0 spiro atoms. The van der Waals surface area contributed by atoms with Crippen LogP contribution in [0.4, 0.5) is 0 Å². The topological polar surface area (TPSA) is 52.6 Å². The first-order chi connectivity index (χ1) is 8.87. The molecule has 0 radical (unpaired) electrons. The van der Waals surface area contributed by atoms with E-state index in [0.717, 1.165) is 5.56 Å². The van der Waals surface area contributed by atoms with Crippen LogP contribution < -0.4 is 0 Å².